The van der Waals surface area contributed by atoms with Crippen LogP contribution in [-0.4, -0.2) is 18.4 Å². The van der Waals surface area contributed by atoms with Gasteiger partial charge in [0.15, 0.2) is 0 Å². The molecule has 0 aliphatic carbocycles. The molecule has 126 valence electrons. The maximum Gasteiger partial charge on any atom is 0.338 e. The van der Waals surface area contributed by atoms with Crippen LogP contribution in [-0.2, 0) is 11.2 Å². The van der Waals surface area contributed by atoms with E-state index in [1.165, 1.54) is 11.3 Å². The summed E-state index contributed by atoms with van der Waals surface area (Å²) in [4.78, 5) is 25.6. The van der Waals surface area contributed by atoms with E-state index >= 15 is 0 Å². The fraction of sp³-hybridized carbons (Fsp3) is 0.100. The second kappa shape index (κ2) is 8.10. The standard InChI is InChI=1S/C20H15ClO3S/c21-17-9-4-1-6-14(17)11-12-24-20(23)16-8-3-2-7-15(16)19(22)18-10-5-13-25-18/h1-10,13H,11-12H2. The van der Waals surface area contributed by atoms with Gasteiger partial charge in [0.05, 0.1) is 17.0 Å². The molecule has 0 atom stereocenters. The first kappa shape index (κ1) is 17.4. The molecule has 0 spiro atoms. The fourth-order valence-corrected chi connectivity index (χ4v) is 3.34. The van der Waals surface area contributed by atoms with Crippen molar-refractivity contribution in [3.63, 3.8) is 0 Å². The van der Waals surface area contributed by atoms with E-state index in [9.17, 15) is 9.59 Å². The average molecular weight is 371 g/mol. The van der Waals surface area contributed by atoms with Gasteiger partial charge in [-0.2, -0.15) is 0 Å². The molecule has 0 amide bonds. The Kier molecular flexibility index (Phi) is 5.64. The van der Waals surface area contributed by atoms with Gasteiger partial charge in [0.2, 0.25) is 5.78 Å². The topological polar surface area (TPSA) is 43.4 Å². The molecule has 25 heavy (non-hydrogen) atoms. The molecule has 5 heteroatoms. The third-order valence-electron chi connectivity index (χ3n) is 3.70. The molecular weight excluding hydrogens is 356 g/mol. The van der Waals surface area contributed by atoms with Crippen molar-refractivity contribution < 1.29 is 14.3 Å². The lowest BCUT2D eigenvalue weighted by Gasteiger charge is -2.09. The number of hydrogen-bond acceptors (Lipinski definition) is 4. The van der Waals surface area contributed by atoms with E-state index < -0.39 is 5.97 Å². The van der Waals surface area contributed by atoms with E-state index in [1.807, 2.05) is 29.6 Å². The molecule has 0 fully saturated rings. The highest BCUT2D eigenvalue weighted by Crippen LogP contribution is 2.20. The minimum Gasteiger partial charge on any atom is -0.462 e. The second-order valence-corrected chi connectivity index (χ2v) is 6.68. The SMILES string of the molecule is O=C(OCCc1ccccc1Cl)c1ccccc1C(=O)c1cccs1. The maximum atomic E-state index is 12.6. The Bertz CT molecular complexity index is 887. The van der Waals surface area contributed by atoms with Gasteiger partial charge in [-0.25, -0.2) is 4.79 Å². The lowest BCUT2D eigenvalue weighted by Crippen LogP contribution is -2.13. The van der Waals surface area contributed by atoms with E-state index in [0.717, 1.165) is 5.56 Å². The normalized spacial score (nSPS) is 10.4. The van der Waals surface area contributed by atoms with Gasteiger partial charge in [0.1, 0.15) is 0 Å². The molecular formula is C20H15ClO3S. The maximum absolute atomic E-state index is 12.6. The van der Waals surface area contributed by atoms with Gasteiger partial charge in [0.25, 0.3) is 0 Å². The summed E-state index contributed by atoms with van der Waals surface area (Å²) < 4.78 is 5.35. The summed E-state index contributed by atoms with van der Waals surface area (Å²) in [6.45, 7) is 0.199. The molecule has 0 bridgehead atoms. The number of hydrogen-bond donors (Lipinski definition) is 0. The van der Waals surface area contributed by atoms with Crippen LogP contribution < -0.4 is 0 Å². The number of esters is 1. The van der Waals surface area contributed by atoms with Crippen LogP contribution in [0.2, 0.25) is 5.02 Å². The van der Waals surface area contributed by atoms with Crippen LogP contribution in [0.15, 0.2) is 66.0 Å². The van der Waals surface area contributed by atoms with Crippen molar-refractivity contribution in [2.45, 2.75) is 6.42 Å². The highest BCUT2D eigenvalue weighted by Gasteiger charge is 2.19. The number of benzene rings is 2. The first-order valence-corrected chi connectivity index (χ1v) is 9.00. The van der Waals surface area contributed by atoms with Crippen LogP contribution in [0, 0.1) is 0 Å². The molecule has 0 aliphatic rings. The van der Waals surface area contributed by atoms with Gasteiger partial charge < -0.3 is 4.74 Å². The molecule has 2 aromatic carbocycles. The zero-order chi connectivity index (χ0) is 17.6. The van der Waals surface area contributed by atoms with Crippen molar-refractivity contribution in [1.29, 1.82) is 0 Å². The van der Waals surface area contributed by atoms with E-state index in [-0.39, 0.29) is 18.0 Å². The summed E-state index contributed by atoms with van der Waals surface area (Å²) in [5, 5.41) is 2.48. The fourth-order valence-electron chi connectivity index (χ4n) is 2.43. The Balaban J connectivity index is 1.70. The quantitative estimate of drug-likeness (QED) is 0.451. The minimum absolute atomic E-state index is 0.173. The zero-order valence-corrected chi connectivity index (χ0v) is 14.8. The molecule has 1 heterocycles. The molecule has 0 N–H and O–H groups in total. The molecule has 0 saturated heterocycles. The van der Waals surface area contributed by atoms with Crippen molar-refractivity contribution in [1.82, 2.24) is 0 Å². The predicted molar refractivity (Wildman–Crippen MR) is 99.6 cm³/mol. The lowest BCUT2D eigenvalue weighted by atomic mass is 10.0. The Morgan fingerprint density at radius 1 is 0.920 bits per heavy atom. The first-order valence-electron chi connectivity index (χ1n) is 7.74. The van der Waals surface area contributed by atoms with Crippen molar-refractivity contribution in [2.75, 3.05) is 6.61 Å². The van der Waals surface area contributed by atoms with Crippen LogP contribution >= 0.6 is 22.9 Å². The van der Waals surface area contributed by atoms with E-state index in [4.69, 9.17) is 16.3 Å². The van der Waals surface area contributed by atoms with E-state index in [0.29, 0.717) is 21.9 Å². The van der Waals surface area contributed by atoms with E-state index in [1.54, 1.807) is 36.4 Å². The number of carbonyl (C=O) groups is 2. The van der Waals surface area contributed by atoms with Crippen molar-refractivity contribution in [2.24, 2.45) is 0 Å². The summed E-state index contributed by atoms with van der Waals surface area (Å²) in [6, 6.07) is 17.7. The van der Waals surface area contributed by atoms with Crippen molar-refractivity contribution in [3.8, 4) is 0 Å². The van der Waals surface area contributed by atoms with Crippen LogP contribution in [0.3, 0.4) is 0 Å². The second-order valence-electron chi connectivity index (χ2n) is 5.33. The van der Waals surface area contributed by atoms with E-state index in [2.05, 4.69) is 0 Å². The van der Waals surface area contributed by atoms with Gasteiger partial charge in [-0.05, 0) is 29.1 Å². The summed E-state index contributed by atoms with van der Waals surface area (Å²) in [7, 11) is 0. The zero-order valence-electron chi connectivity index (χ0n) is 13.3. The number of ether oxygens (including phenoxy) is 1. The largest absolute Gasteiger partial charge is 0.462 e. The molecule has 3 rings (SSSR count). The molecule has 0 saturated carbocycles. The van der Waals surface area contributed by atoms with Crippen LogP contribution in [0.4, 0.5) is 0 Å². The Morgan fingerprint density at radius 3 is 2.36 bits per heavy atom. The molecule has 3 nitrogen and oxygen atoms in total. The van der Waals surface area contributed by atoms with Crippen LogP contribution in [0.25, 0.3) is 0 Å². The number of thiophene rings is 1. The van der Waals surface area contributed by atoms with Gasteiger partial charge in [-0.1, -0.05) is 54.1 Å². The van der Waals surface area contributed by atoms with Crippen LogP contribution in [0.1, 0.15) is 31.2 Å². The Hall–Kier alpha value is -2.43. The summed E-state index contributed by atoms with van der Waals surface area (Å²) in [5.41, 5.74) is 1.55. The monoisotopic (exact) mass is 370 g/mol. The molecule has 3 aromatic rings. The highest BCUT2D eigenvalue weighted by atomic mass is 35.5. The van der Waals surface area contributed by atoms with Crippen molar-refractivity contribution >= 4 is 34.7 Å². The molecule has 1 aromatic heterocycles. The minimum atomic E-state index is -0.507. The predicted octanol–water partition coefficient (Wildman–Crippen LogP) is 5.03. The smallest absolute Gasteiger partial charge is 0.338 e. The first-order chi connectivity index (χ1) is 12.2. The Morgan fingerprint density at radius 2 is 1.64 bits per heavy atom. The molecule has 0 radical (unpaired) electrons. The van der Waals surface area contributed by atoms with Gasteiger partial charge in [-0.3, -0.25) is 4.79 Å². The van der Waals surface area contributed by atoms with Crippen LogP contribution in [0.5, 0.6) is 0 Å². The summed E-state index contributed by atoms with van der Waals surface area (Å²) in [6.07, 6.45) is 0.520. The van der Waals surface area contributed by atoms with Crippen molar-refractivity contribution in [3.05, 3.63) is 92.6 Å². The average Bonchev–Trinajstić information content (AvgIpc) is 3.17. The number of rotatable bonds is 6. The third kappa shape index (κ3) is 4.16. The number of carbonyl (C=O) groups excluding carboxylic acids is 2. The third-order valence-corrected chi connectivity index (χ3v) is 4.94. The number of ketones is 1. The summed E-state index contributed by atoms with van der Waals surface area (Å²) >= 11 is 7.44. The lowest BCUT2D eigenvalue weighted by molar-refractivity contribution is 0.0506. The summed E-state index contributed by atoms with van der Waals surface area (Å²) in [5.74, 6) is -0.679. The Labute approximate surface area is 154 Å². The van der Waals surface area contributed by atoms with Gasteiger partial charge in [0, 0.05) is 17.0 Å². The molecule has 0 aliphatic heterocycles. The highest BCUT2D eigenvalue weighted by molar-refractivity contribution is 7.12. The number of halogens is 1. The molecule has 0 unspecified atom stereocenters. The van der Waals surface area contributed by atoms with Gasteiger partial charge >= 0.3 is 5.97 Å². The van der Waals surface area contributed by atoms with Gasteiger partial charge in [-0.15, -0.1) is 11.3 Å².